The standard InChI is InChI=1S/C12H16N6O2S/c1-6-4-7(2)18(12(20)14-6)5-9(19)15-8(3)10-16-17-11(13)21-10/h4,8H,5H2,1-3H3,(H2,13,17)(H,15,19). The summed E-state index contributed by atoms with van der Waals surface area (Å²) in [6.45, 7) is 5.19. The average Bonchev–Trinajstić information content (AvgIpc) is 2.80. The molecule has 1 unspecified atom stereocenters. The van der Waals surface area contributed by atoms with Crippen molar-refractivity contribution in [2.24, 2.45) is 0 Å². The van der Waals surface area contributed by atoms with Crippen molar-refractivity contribution >= 4 is 22.4 Å². The Hall–Kier alpha value is -2.29. The summed E-state index contributed by atoms with van der Waals surface area (Å²) in [5.74, 6) is -0.299. The molecule has 1 atom stereocenters. The summed E-state index contributed by atoms with van der Waals surface area (Å²) < 4.78 is 1.32. The first-order chi connectivity index (χ1) is 9.86. The summed E-state index contributed by atoms with van der Waals surface area (Å²) in [5.41, 5.74) is 6.39. The van der Waals surface area contributed by atoms with E-state index in [4.69, 9.17) is 5.73 Å². The first-order valence-corrected chi connectivity index (χ1v) is 7.12. The van der Waals surface area contributed by atoms with E-state index in [0.29, 0.717) is 21.5 Å². The van der Waals surface area contributed by atoms with E-state index in [-0.39, 0.29) is 18.5 Å². The summed E-state index contributed by atoms with van der Waals surface area (Å²) >= 11 is 1.21. The van der Waals surface area contributed by atoms with Gasteiger partial charge in [0.2, 0.25) is 11.0 Å². The number of rotatable bonds is 4. The Morgan fingerprint density at radius 3 is 2.76 bits per heavy atom. The smallest absolute Gasteiger partial charge is 0.348 e. The normalized spacial score (nSPS) is 12.1. The van der Waals surface area contributed by atoms with E-state index in [9.17, 15) is 9.59 Å². The van der Waals surface area contributed by atoms with Crippen LogP contribution in [-0.4, -0.2) is 25.7 Å². The number of nitrogen functional groups attached to an aromatic ring is 1. The Labute approximate surface area is 125 Å². The van der Waals surface area contributed by atoms with E-state index in [0.717, 1.165) is 0 Å². The van der Waals surface area contributed by atoms with Crippen LogP contribution in [0, 0.1) is 13.8 Å². The molecule has 8 nitrogen and oxygen atoms in total. The molecule has 0 aliphatic heterocycles. The van der Waals surface area contributed by atoms with Crippen LogP contribution in [0.2, 0.25) is 0 Å². The van der Waals surface area contributed by atoms with E-state index in [1.807, 2.05) is 0 Å². The average molecular weight is 308 g/mol. The van der Waals surface area contributed by atoms with Crippen LogP contribution in [0.1, 0.15) is 29.4 Å². The number of carbonyl (C=O) groups excluding carboxylic acids is 1. The van der Waals surface area contributed by atoms with Gasteiger partial charge in [-0.15, -0.1) is 10.2 Å². The van der Waals surface area contributed by atoms with Crippen molar-refractivity contribution in [2.45, 2.75) is 33.4 Å². The molecule has 0 saturated heterocycles. The third kappa shape index (κ3) is 3.63. The van der Waals surface area contributed by atoms with Gasteiger partial charge in [-0.1, -0.05) is 11.3 Å². The predicted octanol–water partition coefficient (Wildman–Crippen LogP) is 0.171. The number of carbonyl (C=O) groups is 1. The van der Waals surface area contributed by atoms with Crippen LogP contribution in [0.25, 0.3) is 0 Å². The van der Waals surface area contributed by atoms with Crippen molar-refractivity contribution in [1.29, 1.82) is 0 Å². The number of amides is 1. The molecule has 0 radical (unpaired) electrons. The Morgan fingerprint density at radius 1 is 1.48 bits per heavy atom. The van der Waals surface area contributed by atoms with Crippen molar-refractivity contribution in [2.75, 3.05) is 5.73 Å². The second-order valence-electron chi connectivity index (χ2n) is 4.68. The number of nitrogens with two attached hydrogens (primary N) is 1. The highest BCUT2D eigenvalue weighted by atomic mass is 32.1. The molecule has 0 bridgehead atoms. The topological polar surface area (TPSA) is 116 Å². The highest BCUT2D eigenvalue weighted by Gasteiger charge is 2.15. The van der Waals surface area contributed by atoms with E-state index in [1.54, 1.807) is 26.8 Å². The Balaban J connectivity index is 2.07. The van der Waals surface area contributed by atoms with Crippen LogP contribution >= 0.6 is 11.3 Å². The number of hydrogen-bond acceptors (Lipinski definition) is 7. The lowest BCUT2D eigenvalue weighted by atomic mass is 10.3. The maximum atomic E-state index is 12.0. The molecule has 9 heteroatoms. The molecule has 0 aliphatic carbocycles. The molecular formula is C12H16N6O2S. The monoisotopic (exact) mass is 308 g/mol. The summed E-state index contributed by atoms with van der Waals surface area (Å²) in [4.78, 5) is 27.6. The molecule has 2 rings (SSSR count). The van der Waals surface area contributed by atoms with Crippen LogP contribution in [0.3, 0.4) is 0 Å². The minimum absolute atomic E-state index is 0.0867. The zero-order chi connectivity index (χ0) is 15.6. The van der Waals surface area contributed by atoms with Crippen molar-refractivity contribution in [3.05, 3.63) is 32.9 Å². The fourth-order valence-corrected chi connectivity index (χ4v) is 2.49. The third-order valence-corrected chi connectivity index (χ3v) is 3.79. The molecule has 1 amide bonds. The fraction of sp³-hybridized carbons (Fsp3) is 0.417. The van der Waals surface area contributed by atoms with Gasteiger partial charge in [0.25, 0.3) is 0 Å². The van der Waals surface area contributed by atoms with Gasteiger partial charge in [0.15, 0.2) is 0 Å². The molecule has 2 aromatic rings. The van der Waals surface area contributed by atoms with Crippen LogP contribution in [0.15, 0.2) is 10.9 Å². The number of nitrogens with zero attached hydrogens (tertiary/aromatic N) is 4. The molecule has 0 spiro atoms. The first kappa shape index (κ1) is 15.1. The summed E-state index contributed by atoms with van der Waals surface area (Å²) in [6, 6.07) is 1.44. The van der Waals surface area contributed by atoms with E-state index >= 15 is 0 Å². The van der Waals surface area contributed by atoms with Crippen molar-refractivity contribution in [1.82, 2.24) is 25.1 Å². The van der Waals surface area contributed by atoms with Gasteiger partial charge in [0.1, 0.15) is 11.6 Å². The summed E-state index contributed by atoms with van der Waals surface area (Å²) in [5, 5.41) is 11.3. The zero-order valence-corrected chi connectivity index (χ0v) is 12.8. The van der Waals surface area contributed by atoms with Gasteiger partial charge < -0.3 is 11.1 Å². The maximum absolute atomic E-state index is 12.0. The quantitative estimate of drug-likeness (QED) is 0.832. The molecule has 0 aliphatic rings. The van der Waals surface area contributed by atoms with Gasteiger partial charge in [0, 0.05) is 11.4 Å². The van der Waals surface area contributed by atoms with Crippen LogP contribution < -0.4 is 16.7 Å². The van der Waals surface area contributed by atoms with Crippen LogP contribution in [-0.2, 0) is 11.3 Å². The van der Waals surface area contributed by atoms with E-state index in [1.165, 1.54) is 15.9 Å². The Morgan fingerprint density at radius 2 is 2.19 bits per heavy atom. The van der Waals surface area contributed by atoms with Gasteiger partial charge in [-0.3, -0.25) is 9.36 Å². The molecule has 112 valence electrons. The number of aryl methyl sites for hydroxylation is 2. The maximum Gasteiger partial charge on any atom is 0.348 e. The van der Waals surface area contributed by atoms with E-state index in [2.05, 4.69) is 20.5 Å². The number of hydrogen-bond donors (Lipinski definition) is 2. The SMILES string of the molecule is Cc1cc(C)n(CC(=O)NC(C)c2nnc(N)s2)c(=O)n1. The lowest BCUT2D eigenvalue weighted by molar-refractivity contribution is -0.122. The number of anilines is 1. The van der Waals surface area contributed by atoms with Gasteiger partial charge >= 0.3 is 5.69 Å². The summed E-state index contributed by atoms with van der Waals surface area (Å²) in [6.07, 6.45) is 0. The zero-order valence-electron chi connectivity index (χ0n) is 12.0. The van der Waals surface area contributed by atoms with E-state index < -0.39 is 5.69 Å². The molecule has 0 fully saturated rings. The second kappa shape index (κ2) is 6.00. The van der Waals surface area contributed by atoms with Gasteiger partial charge in [-0.25, -0.2) is 4.79 Å². The summed E-state index contributed by atoms with van der Waals surface area (Å²) in [7, 11) is 0. The lowest BCUT2D eigenvalue weighted by Gasteiger charge is -2.13. The third-order valence-electron chi connectivity index (χ3n) is 2.85. The minimum Gasteiger partial charge on any atom is -0.374 e. The van der Waals surface area contributed by atoms with Crippen molar-refractivity contribution in [3.63, 3.8) is 0 Å². The highest BCUT2D eigenvalue weighted by molar-refractivity contribution is 7.15. The first-order valence-electron chi connectivity index (χ1n) is 6.30. The van der Waals surface area contributed by atoms with Crippen LogP contribution in [0.4, 0.5) is 5.13 Å². The van der Waals surface area contributed by atoms with Gasteiger partial charge in [0.05, 0.1) is 6.04 Å². The number of nitrogens with one attached hydrogen (secondary N) is 1. The molecule has 0 aromatic carbocycles. The Bertz CT molecular complexity index is 723. The highest BCUT2D eigenvalue weighted by Crippen LogP contribution is 2.18. The second-order valence-corrected chi connectivity index (χ2v) is 5.72. The molecule has 2 aromatic heterocycles. The number of aromatic nitrogens is 4. The molecular weight excluding hydrogens is 292 g/mol. The molecule has 3 N–H and O–H groups in total. The van der Waals surface area contributed by atoms with Crippen molar-refractivity contribution in [3.8, 4) is 0 Å². The lowest BCUT2D eigenvalue weighted by Crippen LogP contribution is -2.35. The van der Waals surface area contributed by atoms with Gasteiger partial charge in [-0.05, 0) is 26.8 Å². The fourth-order valence-electron chi connectivity index (χ4n) is 1.88. The molecule has 21 heavy (non-hydrogen) atoms. The van der Waals surface area contributed by atoms with Gasteiger partial charge in [-0.2, -0.15) is 4.98 Å². The Kier molecular flexibility index (Phi) is 4.32. The predicted molar refractivity (Wildman–Crippen MR) is 78.9 cm³/mol. The van der Waals surface area contributed by atoms with Crippen LogP contribution in [0.5, 0.6) is 0 Å². The molecule has 2 heterocycles. The van der Waals surface area contributed by atoms with Crippen molar-refractivity contribution < 1.29 is 4.79 Å². The largest absolute Gasteiger partial charge is 0.374 e. The minimum atomic E-state index is -0.435. The molecule has 0 saturated carbocycles.